The maximum absolute atomic E-state index is 11.7. The third kappa shape index (κ3) is 1.79. The summed E-state index contributed by atoms with van der Waals surface area (Å²) in [7, 11) is 3.47. The Bertz CT molecular complexity index is 304. The van der Waals surface area contributed by atoms with E-state index in [1.165, 1.54) is 4.90 Å². The topological polar surface area (TPSA) is 64.1 Å². The number of nitrogens with zero attached hydrogens (tertiary/aromatic N) is 3. The van der Waals surface area contributed by atoms with Crippen LogP contribution in [0.2, 0.25) is 0 Å². The minimum atomic E-state index is -0.847. The summed E-state index contributed by atoms with van der Waals surface area (Å²) >= 11 is 0. The number of urea groups is 1. The molecule has 0 aromatic rings. The molecular weight excluding hydrogens is 210 g/mol. The van der Waals surface area contributed by atoms with Crippen LogP contribution in [0.5, 0.6) is 0 Å². The summed E-state index contributed by atoms with van der Waals surface area (Å²) in [6.45, 7) is 2.51. The molecule has 0 aromatic heterocycles. The first-order chi connectivity index (χ1) is 7.49. The van der Waals surface area contributed by atoms with Gasteiger partial charge in [0.2, 0.25) is 0 Å². The zero-order valence-corrected chi connectivity index (χ0v) is 9.59. The van der Waals surface area contributed by atoms with E-state index in [2.05, 4.69) is 0 Å². The fourth-order valence-corrected chi connectivity index (χ4v) is 2.59. The van der Waals surface area contributed by atoms with Gasteiger partial charge in [0.05, 0.1) is 0 Å². The Labute approximate surface area is 94.4 Å². The second-order valence-electron chi connectivity index (χ2n) is 4.79. The van der Waals surface area contributed by atoms with Crippen LogP contribution in [0.25, 0.3) is 0 Å². The maximum atomic E-state index is 11.7. The zero-order chi connectivity index (χ0) is 11.9. The highest BCUT2D eigenvalue weighted by Crippen LogP contribution is 2.31. The second kappa shape index (κ2) is 3.84. The van der Waals surface area contributed by atoms with Gasteiger partial charge in [-0.1, -0.05) is 0 Å². The summed E-state index contributed by atoms with van der Waals surface area (Å²) in [5.41, 5.74) is 0. The molecule has 90 valence electrons. The number of likely N-dealkylation sites (tertiary alicyclic amines) is 2. The van der Waals surface area contributed by atoms with Gasteiger partial charge in [0.25, 0.3) is 0 Å². The van der Waals surface area contributed by atoms with Gasteiger partial charge in [-0.25, -0.2) is 9.59 Å². The molecule has 2 aliphatic heterocycles. The van der Waals surface area contributed by atoms with Crippen molar-refractivity contribution in [3.63, 3.8) is 0 Å². The molecule has 2 aliphatic rings. The molecule has 2 heterocycles. The molecule has 2 atom stereocenters. The van der Waals surface area contributed by atoms with E-state index in [9.17, 15) is 9.59 Å². The van der Waals surface area contributed by atoms with Gasteiger partial charge in [0.1, 0.15) is 0 Å². The third-order valence-electron chi connectivity index (χ3n) is 3.41. The number of carbonyl (C=O) groups is 2. The lowest BCUT2D eigenvalue weighted by Gasteiger charge is -2.23. The molecule has 0 saturated carbocycles. The summed E-state index contributed by atoms with van der Waals surface area (Å²) in [6.07, 6.45) is -0.847. The van der Waals surface area contributed by atoms with Crippen LogP contribution in [0.1, 0.15) is 0 Å². The number of fused-ring (bicyclic) bond motifs is 1. The fraction of sp³-hybridized carbons (Fsp3) is 0.800. The van der Waals surface area contributed by atoms with E-state index in [0.717, 1.165) is 0 Å². The maximum Gasteiger partial charge on any atom is 0.407 e. The Morgan fingerprint density at radius 1 is 1.06 bits per heavy atom. The third-order valence-corrected chi connectivity index (χ3v) is 3.41. The number of amides is 3. The largest absolute Gasteiger partial charge is 0.465 e. The molecule has 2 unspecified atom stereocenters. The molecule has 0 radical (unpaired) electrons. The summed E-state index contributed by atoms with van der Waals surface area (Å²) in [4.78, 5) is 27.3. The quantitative estimate of drug-likeness (QED) is 0.643. The molecule has 0 aromatic carbocycles. The lowest BCUT2D eigenvalue weighted by Crippen LogP contribution is -2.40. The van der Waals surface area contributed by atoms with Crippen LogP contribution in [-0.2, 0) is 0 Å². The average Bonchev–Trinajstić information content (AvgIpc) is 2.72. The van der Waals surface area contributed by atoms with E-state index in [-0.39, 0.29) is 6.03 Å². The Morgan fingerprint density at radius 3 is 1.88 bits per heavy atom. The first kappa shape index (κ1) is 11.0. The standard InChI is InChI=1S/C10H17N3O3/c1-11(2)9(14)12-3-7-5-13(10(15)16)6-8(7)4-12/h7-8H,3-6H2,1-2H3,(H,15,16). The van der Waals surface area contributed by atoms with E-state index in [1.54, 1.807) is 19.0 Å². The Balaban J connectivity index is 1.93. The van der Waals surface area contributed by atoms with Crippen LogP contribution in [0.15, 0.2) is 0 Å². The van der Waals surface area contributed by atoms with Gasteiger partial charge in [0.15, 0.2) is 0 Å². The number of carbonyl (C=O) groups excluding carboxylic acids is 1. The van der Waals surface area contributed by atoms with Crippen molar-refractivity contribution in [2.24, 2.45) is 11.8 Å². The van der Waals surface area contributed by atoms with Gasteiger partial charge in [-0.2, -0.15) is 0 Å². The fourth-order valence-electron chi connectivity index (χ4n) is 2.59. The predicted octanol–water partition coefficient (Wildman–Crippen LogP) is 0.210. The van der Waals surface area contributed by atoms with Gasteiger partial charge in [0, 0.05) is 52.1 Å². The van der Waals surface area contributed by atoms with Crippen LogP contribution in [0.3, 0.4) is 0 Å². The highest BCUT2D eigenvalue weighted by atomic mass is 16.4. The number of hydrogen-bond acceptors (Lipinski definition) is 2. The van der Waals surface area contributed by atoms with E-state index >= 15 is 0 Å². The van der Waals surface area contributed by atoms with E-state index in [1.807, 2.05) is 4.90 Å². The molecule has 0 bridgehead atoms. The highest BCUT2D eigenvalue weighted by molar-refractivity contribution is 5.74. The Morgan fingerprint density at radius 2 is 1.50 bits per heavy atom. The van der Waals surface area contributed by atoms with E-state index in [0.29, 0.717) is 38.0 Å². The molecule has 2 fully saturated rings. The van der Waals surface area contributed by atoms with Crippen molar-refractivity contribution in [1.29, 1.82) is 0 Å². The van der Waals surface area contributed by atoms with Gasteiger partial charge in [-0.15, -0.1) is 0 Å². The monoisotopic (exact) mass is 227 g/mol. The zero-order valence-electron chi connectivity index (χ0n) is 9.59. The molecule has 2 saturated heterocycles. The van der Waals surface area contributed by atoms with Gasteiger partial charge < -0.3 is 19.8 Å². The lowest BCUT2D eigenvalue weighted by atomic mass is 10.0. The van der Waals surface area contributed by atoms with Crippen LogP contribution in [-0.4, -0.2) is 72.2 Å². The molecule has 16 heavy (non-hydrogen) atoms. The van der Waals surface area contributed by atoms with Gasteiger partial charge >= 0.3 is 12.1 Å². The first-order valence-corrected chi connectivity index (χ1v) is 5.43. The minimum absolute atomic E-state index is 0.0243. The average molecular weight is 227 g/mol. The van der Waals surface area contributed by atoms with Gasteiger partial charge in [-0.3, -0.25) is 0 Å². The van der Waals surface area contributed by atoms with Crippen molar-refractivity contribution in [3.8, 4) is 0 Å². The Hall–Kier alpha value is -1.46. The van der Waals surface area contributed by atoms with Crippen molar-refractivity contribution in [2.75, 3.05) is 40.3 Å². The first-order valence-electron chi connectivity index (χ1n) is 5.43. The lowest BCUT2D eigenvalue weighted by molar-refractivity contribution is 0.147. The van der Waals surface area contributed by atoms with E-state index < -0.39 is 6.09 Å². The predicted molar refractivity (Wildman–Crippen MR) is 57.2 cm³/mol. The summed E-state index contributed by atoms with van der Waals surface area (Å²) in [5, 5.41) is 8.87. The summed E-state index contributed by atoms with van der Waals surface area (Å²) < 4.78 is 0. The number of rotatable bonds is 0. The molecule has 6 nitrogen and oxygen atoms in total. The molecule has 3 amide bonds. The van der Waals surface area contributed by atoms with Gasteiger partial charge in [-0.05, 0) is 0 Å². The highest BCUT2D eigenvalue weighted by Gasteiger charge is 2.43. The van der Waals surface area contributed by atoms with E-state index in [4.69, 9.17) is 5.11 Å². The second-order valence-corrected chi connectivity index (χ2v) is 4.79. The Kier molecular flexibility index (Phi) is 2.65. The van der Waals surface area contributed by atoms with Crippen LogP contribution < -0.4 is 0 Å². The van der Waals surface area contributed by atoms with Crippen molar-refractivity contribution in [2.45, 2.75) is 0 Å². The molecular formula is C10H17N3O3. The molecule has 0 aliphatic carbocycles. The molecule has 0 spiro atoms. The van der Waals surface area contributed by atoms with Crippen molar-refractivity contribution < 1.29 is 14.7 Å². The summed E-state index contributed by atoms with van der Waals surface area (Å²) in [6, 6.07) is 0.0243. The number of carboxylic acid groups (broad SMARTS) is 1. The summed E-state index contributed by atoms with van der Waals surface area (Å²) in [5.74, 6) is 0.639. The molecule has 6 heteroatoms. The number of hydrogen-bond donors (Lipinski definition) is 1. The van der Waals surface area contributed by atoms with Crippen LogP contribution in [0.4, 0.5) is 9.59 Å². The van der Waals surface area contributed by atoms with Crippen molar-refractivity contribution >= 4 is 12.1 Å². The normalized spacial score (nSPS) is 28.1. The molecule has 2 rings (SSSR count). The van der Waals surface area contributed by atoms with Crippen LogP contribution >= 0.6 is 0 Å². The SMILES string of the molecule is CN(C)C(=O)N1CC2CN(C(=O)O)CC2C1. The minimum Gasteiger partial charge on any atom is -0.465 e. The van der Waals surface area contributed by atoms with Crippen molar-refractivity contribution in [3.05, 3.63) is 0 Å². The molecule has 1 N–H and O–H groups in total. The van der Waals surface area contributed by atoms with Crippen molar-refractivity contribution in [1.82, 2.24) is 14.7 Å². The smallest absolute Gasteiger partial charge is 0.407 e. The van der Waals surface area contributed by atoms with Crippen LogP contribution in [0, 0.1) is 11.8 Å².